The third-order valence-corrected chi connectivity index (χ3v) is 5.34. The highest BCUT2D eigenvalue weighted by molar-refractivity contribution is 6.32. The molecular weight excluding hydrogens is 459 g/mol. The van der Waals surface area contributed by atoms with Gasteiger partial charge in [0.1, 0.15) is 18.1 Å². The molecule has 1 saturated heterocycles. The molecule has 0 spiro atoms. The van der Waals surface area contributed by atoms with Gasteiger partial charge >= 0.3 is 6.03 Å². The molecule has 0 radical (unpaired) electrons. The van der Waals surface area contributed by atoms with Crippen LogP contribution in [0.1, 0.15) is 23.6 Å². The zero-order chi connectivity index (χ0) is 24.1. The lowest BCUT2D eigenvalue weighted by molar-refractivity contribution is -0.123. The summed E-state index contributed by atoms with van der Waals surface area (Å²) < 4.78 is 25.0. The van der Waals surface area contributed by atoms with E-state index in [0.29, 0.717) is 29.2 Å². The molecule has 1 fully saturated rings. The molecule has 1 aliphatic heterocycles. The lowest BCUT2D eigenvalue weighted by atomic mass is 10.1. The lowest BCUT2D eigenvalue weighted by Crippen LogP contribution is -2.30. The zero-order valence-corrected chi connectivity index (χ0v) is 19.1. The Hall–Kier alpha value is -3.84. The second kappa shape index (κ2) is 10.4. The number of ether oxygens (including phenoxy) is 2. The molecular formula is C26H22ClFN2O4. The van der Waals surface area contributed by atoms with Crippen molar-refractivity contribution in [1.82, 2.24) is 10.2 Å². The molecule has 6 nitrogen and oxygen atoms in total. The van der Waals surface area contributed by atoms with Crippen LogP contribution in [0, 0.1) is 5.82 Å². The smallest absolute Gasteiger partial charge is 0.329 e. The molecule has 174 valence electrons. The normalized spacial score (nSPS) is 14.4. The highest BCUT2D eigenvalue weighted by atomic mass is 35.5. The predicted octanol–water partition coefficient (Wildman–Crippen LogP) is 5.55. The number of imide groups is 1. The number of carbonyl (C=O) groups excluding carboxylic acids is 2. The third-order valence-electron chi connectivity index (χ3n) is 5.06. The third kappa shape index (κ3) is 5.38. The first-order chi connectivity index (χ1) is 16.4. The van der Waals surface area contributed by atoms with E-state index in [2.05, 4.69) is 5.32 Å². The van der Waals surface area contributed by atoms with Gasteiger partial charge < -0.3 is 14.8 Å². The fourth-order valence-electron chi connectivity index (χ4n) is 3.50. The van der Waals surface area contributed by atoms with Crippen LogP contribution < -0.4 is 14.8 Å². The van der Waals surface area contributed by atoms with E-state index in [-0.39, 0.29) is 29.7 Å². The quantitative estimate of drug-likeness (QED) is 0.339. The lowest BCUT2D eigenvalue weighted by Gasteiger charge is -2.15. The van der Waals surface area contributed by atoms with Gasteiger partial charge in [-0.1, -0.05) is 54.1 Å². The topological polar surface area (TPSA) is 67.9 Å². The van der Waals surface area contributed by atoms with E-state index in [1.807, 2.05) is 37.3 Å². The van der Waals surface area contributed by atoms with Gasteiger partial charge in [0.15, 0.2) is 11.5 Å². The standard InChI is InChI=1S/C26H22ClFN2O4/c1-2-33-23-14-19(12-21(27)24(23)34-16-18-9-6-10-20(28)11-18)13-22-25(31)30(26(32)29-22)15-17-7-4-3-5-8-17/h3-14H,2,15-16H2,1H3,(H,29,32)/b22-13+. The molecule has 3 aromatic carbocycles. The molecule has 0 unspecified atom stereocenters. The van der Waals surface area contributed by atoms with E-state index in [1.54, 1.807) is 24.3 Å². The van der Waals surface area contributed by atoms with Crippen molar-refractivity contribution >= 4 is 29.6 Å². The van der Waals surface area contributed by atoms with Gasteiger partial charge in [-0.25, -0.2) is 9.18 Å². The van der Waals surface area contributed by atoms with Crippen LogP contribution in [0.3, 0.4) is 0 Å². The number of hydrogen-bond acceptors (Lipinski definition) is 4. The second-order valence-electron chi connectivity index (χ2n) is 7.55. The molecule has 1 N–H and O–H groups in total. The number of amides is 3. The number of hydrogen-bond donors (Lipinski definition) is 1. The molecule has 1 heterocycles. The van der Waals surface area contributed by atoms with Crippen molar-refractivity contribution in [2.75, 3.05) is 6.61 Å². The zero-order valence-electron chi connectivity index (χ0n) is 18.4. The number of rotatable bonds is 8. The van der Waals surface area contributed by atoms with E-state index >= 15 is 0 Å². The van der Waals surface area contributed by atoms with Gasteiger partial charge in [-0.05, 0) is 54.0 Å². The maximum absolute atomic E-state index is 13.5. The van der Waals surface area contributed by atoms with Crippen LogP contribution in [0.5, 0.6) is 11.5 Å². The Morgan fingerprint density at radius 3 is 2.50 bits per heavy atom. The monoisotopic (exact) mass is 480 g/mol. The van der Waals surface area contributed by atoms with Gasteiger partial charge in [0.25, 0.3) is 5.91 Å². The molecule has 3 aromatic rings. The molecule has 0 aliphatic carbocycles. The van der Waals surface area contributed by atoms with Crippen molar-refractivity contribution in [3.05, 3.63) is 100.0 Å². The van der Waals surface area contributed by atoms with E-state index in [9.17, 15) is 14.0 Å². The van der Waals surface area contributed by atoms with Crippen molar-refractivity contribution in [2.24, 2.45) is 0 Å². The van der Waals surface area contributed by atoms with E-state index in [0.717, 1.165) is 10.5 Å². The average molecular weight is 481 g/mol. The molecule has 8 heteroatoms. The van der Waals surface area contributed by atoms with Crippen LogP contribution >= 0.6 is 11.6 Å². The Kier molecular flexibility index (Phi) is 7.13. The summed E-state index contributed by atoms with van der Waals surface area (Å²) in [5, 5.41) is 2.86. The highest BCUT2D eigenvalue weighted by Crippen LogP contribution is 2.38. The summed E-state index contributed by atoms with van der Waals surface area (Å²) in [6.07, 6.45) is 1.54. The Labute approximate surface area is 201 Å². The average Bonchev–Trinajstić information content (AvgIpc) is 3.07. The van der Waals surface area contributed by atoms with Crippen LogP contribution in [0.4, 0.5) is 9.18 Å². The largest absolute Gasteiger partial charge is 0.490 e. The summed E-state index contributed by atoms with van der Waals surface area (Å²) in [6, 6.07) is 18.1. The fraction of sp³-hybridized carbons (Fsp3) is 0.154. The molecule has 1 aliphatic rings. The summed E-state index contributed by atoms with van der Waals surface area (Å²) in [6.45, 7) is 2.44. The minimum atomic E-state index is -0.494. The SMILES string of the molecule is CCOc1cc(/C=C2/NC(=O)N(Cc3ccccc3)C2=O)cc(Cl)c1OCc1cccc(F)c1. The van der Waals surface area contributed by atoms with E-state index in [1.165, 1.54) is 18.2 Å². The number of halogens is 2. The van der Waals surface area contributed by atoms with E-state index in [4.69, 9.17) is 21.1 Å². The van der Waals surface area contributed by atoms with Crippen LogP contribution in [0.2, 0.25) is 5.02 Å². The Morgan fingerprint density at radius 1 is 1.00 bits per heavy atom. The summed E-state index contributed by atoms with van der Waals surface area (Å²) >= 11 is 6.46. The highest BCUT2D eigenvalue weighted by Gasteiger charge is 2.33. The van der Waals surface area contributed by atoms with Gasteiger partial charge in [-0.2, -0.15) is 0 Å². The Balaban J connectivity index is 1.55. The maximum atomic E-state index is 13.5. The number of benzene rings is 3. The first kappa shape index (κ1) is 23.3. The molecule has 0 saturated carbocycles. The van der Waals surface area contributed by atoms with Crippen molar-refractivity contribution in [3.63, 3.8) is 0 Å². The van der Waals surface area contributed by atoms with Crippen molar-refractivity contribution < 1.29 is 23.5 Å². The Morgan fingerprint density at radius 2 is 1.76 bits per heavy atom. The van der Waals surface area contributed by atoms with Crippen LogP contribution in [-0.4, -0.2) is 23.4 Å². The minimum absolute atomic E-state index is 0.0982. The second-order valence-corrected chi connectivity index (χ2v) is 7.95. The minimum Gasteiger partial charge on any atom is -0.490 e. The number of carbonyl (C=O) groups is 2. The van der Waals surface area contributed by atoms with Crippen molar-refractivity contribution in [3.8, 4) is 11.5 Å². The fourth-order valence-corrected chi connectivity index (χ4v) is 3.78. The van der Waals surface area contributed by atoms with Crippen LogP contribution in [-0.2, 0) is 17.9 Å². The molecule has 0 aromatic heterocycles. The van der Waals surface area contributed by atoms with Crippen LogP contribution in [0.15, 0.2) is 72.4 Å². The van der Waals surface area contributed by atoms with Gasteiger partial charge in [-0.3, -0.25) is 9.69 Å². The first-order valence-electron chi connectivity index (χ1n) is 10.7. The molecule has 0 bridgehead atoms. The Bertz CT molecular complexity index is 1250. The van der Waals surface area contributed by atoms with Crippen LogP contribution in [0.25, 0.3) is 6.08 Å². The van der Waals surface area contributed by atoms with Crippen molar-refractivity contribution in [1.29, 1.82) is 0 Å². The van der Waals surface area contributed by atoms with Gasteiger partial charge in [0, 0.05) is 0 Å². The summed E-state index contributed by atoms with van der Waals surface area (Å²) in [4.78, 5) is 26.4. The van der Waals surface area contributed by atoms with Crippen molar-refractivity contribution in [2.45, 2.75) is 20.1 Å². The maximum Gasteiger partial charge on any atom is 0.329 e. The summed E-state index contributed by atoms with van der Waals surface area (Å²) in [7, 11) is 0. The molecule has 4 rings (SSSR count). The van der Waals surface area contributed by atoms with E-state index < -0.39 is 11.9 Å². The van der Waals surface area contributed by atoms with Gasteiger partial charge in [0.2, 0.25) is 0 Å². The predicted molar refractivity (Wildman–Crippen MR) is 127 cm³/mol. The summed E-state index contributed by atoms with van der Waals surface area (Å²) in [5.74, 6) is -0.114. The van der Waals surface area contributed by atoms with Gasteiger partial charge in [0.05, 0.1) is 18.2 Å². The van der Waals surface area contributed by atoms with Gasteiger partial charge in [-0.15, -0.1) is 0 Å². The molecule has 34 heavy (non-hydrogen) atoms. The summed E-state index contributed by atoms with van der Waals surface area (Å²) in [5.41, 5.74) is 2.17. The molecule has 0 atom stereocenters. The number of nitrogens with one attached hydrogen (secondary N) is 1. The molecule has 3 amide bonds. The number of urea groups is 1. The first-order valence-corrected chi connectivity index (χ1v) is 11.0. The number of nitrogens with zero attached hydrogens (tertiary/aromatic N) is 1.